The van der Waals surface area contributed by atoms with Crippen LogP contribution < -0.4 is 4.74 Å². The minimum absolute atomic E-state index is 0.345. The Morgan fingerprint density at radius 1 is 1.62 bits per heavy atom. The minimum atomic E-state index is 0.345. The fraction of sp³-hybridized carbons (Fsp3) is 0.333. The van der Waals surface area contributed by atoms with Crippen molar-refractivity contribution in [2.75, 3.05) is 0 Å². The van der Waals surface area contributed by atoms with Crippen molar-refractivity contribution in [1.29, 1.82) is 0 Å². The third-order valence-corrected chi connectivity index (χ3v) is 2.59. The van der Waals surface area contributed by atoms with E-state index in [0.29, 0.717) is 11.7 Å². The summed E-state index contributed by atoms with van der Waals surface area (Å²) in [6.45, 7) is 0. The normalized spacial score (nSPS) is 15.5. The molecule has 0 aliphatic heterocycles. The fourth-order valence-electron chi connectivity index (χ4n) is 0.956. The Balaban J connectivity index is 2.24. The van der Waals surface area contributed by atoms with Crippen LogP contribution in [0.4, 0.5) is 0 Å². The van der Waals surface area contributed by atoms with E-state index in [0.717, 1.165) is 28.6 Å². The van der Waals surface area contributed by atoms with Crippen molar-refractivity contribution in [2.24, 2.45) is 0 Å². The predicted octanol–water partition coefficient (Wildman–Crippen LogP) is 2.04. The van der Waals surface area contributed by atoms with Gasteiger partial charge >= 0.3 is 0 Å². The zero-order valence-corrected chi connectivity index (χ0v) is 9.02. The Morgan fingerprint density at radius 3 is 3.00 bits per heavy atom. The lowest BCUT2D eigenvalue weighted by Crippen LogP contribution is -2.00. The van der Waals surface area contributed by atoms with Crippen LogP contribution in [-0.4, -0.2) is 17.4 Å². The van der Waals surface area contributed by atoms with E-state index in [-0.39, 0.29) is 0 Å². The van der Waals surface area contributed by atoms with Crippen LogP contribution in [0.25, 0.3) is 0 Å². The van der Waals surface area contributed by atoms with Crippen molar-refractivity contribution in [3.8, 4) is 5.75 Å². The minimum Gasteiger partial charge on any atom is -0.488 e. The highest BCUT2D eigenvalue weighted by Crippen LogP contribution is 2.29. The molecule has 0 atom stereocenters. The molecular formula is C9H8INO2. The van der Waals surface area contributed by atoms with Gasteiger partial charge in [-0.15, -0.1) is 0 Å². The summed E-state index contributed by atoms with van der Waals surface area (Å²) in [6.07, 6.45) is 4.90. The first-order valence-corrected chi connectivity index (χ1v) is 5.15. The van der Waals surface area contributed by atoms with Crippen LogP contribution in [0, 0.1) is 3.70 Å². The van der Waals surface area contributed by atoms with E-state index in [9.17, 15) is 4.79 Å². The molecule has 4 heteroatoms. The third-order valence-electron chi connectivity index (χ3n) is 1.78. The van der Waals surface area contributed by atoms with Gasteiger partial charge in [0.05, 0.1) is 6.10 Å². The molecule has 1 aromatic heterocycles. The second-order valence-electron chi connectivity index (χ2n) is 2.99. The highest BCUT2D eigenvalue weighted by atomic mass is 127. The molecule has 0 amide bonds. The van der Waals surface area contributed by atoms with Crippen molar-refractivity contribution in [2.45, 2.75) is 18.9 Å². The van der Waals surface area contributed by atoms with Crippen molar-refractivity contribution in [1.82, 2.24) is 4.98 Å². The first-order valence-electron chi connectivity index (χ1n) is 4.07. The van der Waals surface area contributed by atoms with E-state index in [1.54, 1.807) is 12.3 Å². The summed E-state index contributed by atoms with van der Waals surface area (Å²) in [5.74, 6) is 0.729. The van der Waals surface area contributed by atoms with Crippen LogP contribution in [0.15, 0.2) is 12.3 Å². The molecule has 68 valence electrons. The molecule has 1 saturated carbocycles. The number of aromatic nitrogens is 1. The molecule has 0 bridgehead atoms. The van der Waals surface area contributed by atoms with Crippen molar-refractivity contribution in [3.63, 3.8) is 0 Å². The van der Waals surface area contributed by atoms with Gasteiger partial charge in [0.25, 0.3) is 0 Å². The van der Waals surface area contributed by atoms with Gasteiger partial charge < -0.3 is 4.74 Å². The number of pyridine rings is 1. The van der Waals surface area contributed by atoms with E-state index in [1.165, 1.54) is 0 Å². The van der Waals surface area contributed by atoms with E-state index in [4.69, 9.17) is 4.74 Å². The van der Waals surface area contributed by atoms with Gasteiger partial charge in [0.15, 0.2) is 12.0 Å². The monoisotopic (exact) mass is 289 g/mol. The second-order valence-corrected chi connectivity index (χ2v) is 4.01. The van der Waals surface area contributed by atoms with Crippen LogP contribution in [-0.2, 0) is 0 Å². The van der Waals surface area contributed by atoms with Gasteiger partial charge in [0, 0.05) is 11.8 Å². The third kappa shape index (κ3) is 2.18. The number of aldehydes is 1. The maximum absolute atomic E-state index is 10.5. The molecule has 13 heavy (non-hydrogen) atoms. The topological polar surface area (TPSA) is 39.2 Å². The smallest absolute Gasteiger partial charge is 0.152 e. The number of hydrogen-bond donors (Lipinski definition) is 0. The fourth-order valence-corrected chi connectivity index (χ4v) is 1.38. The van der Waals surface area contributed by atoms with Crippen LogP contribution in [0.1, 0.15) is 23.2 Å². The number of carbonyl (C=O) groups is 1. The summed E-state index contributed by atoms with van der Waals surface area (Å²) < 4.78 is 6.38. The highest BCUT2D eigenvalue weighted by molar-refractivity contribution is 14.1. The van der Waals surface area contributed by atoms with E-state index >= 15 is 0 Å². The largest absolute Gasteiger partial charge is 0.488 e. The van der Waals surface area contributed by atoms with Crippen LogP contribution in [0.5, 0.6) is 5.75 Å². The molecule has 1 fully saturated rings. The first-order chi connectivity index (χ1) is 6.29. The first kappa shape index (κ1) is 8.93. The zero-order valence-electron chi connectivity index (χ0n) is 6.87. The summed E-state index contributed by atoms with van der Waals surface area (Å²) in [7, 11) is 0. The van der Waals surface area contributed by atoms with Gasteiger partial charge in [0.2, 0.25) is 0 Å². The molecule has 1 heterocycles. The van der Waals surface area contributed by atoms with E-state index in [2.05, 4.69) is 27.6 Å². The summed E-state index contributed by atoms with van der Waals surface area (Å²) in [4.78, 5) is 14.5. The number of nitrogens with zero attached hydrogens (tertiary/aromatic N) is 1. The highest BCUT2D eigenvalue weighted by Gasteiger charge is 2.24. The van der Waals surface area contributed by atoms with Gasteiger partial charge in [-0.25, -0.2) is 4.98 Å². The van der Waals surface area contributed by atoms with Crippen molar-refractivity contribution >= 4 is 28.9 Å². The molecular weight excluding hydrogens is 281 g/mol. The van der Waals surface area contributed by atoms with E-state index < -0.39 is 0 Å². The maximum Gasteiger partial charge on any atom is 0.152 e. The lowest BCUT2D eigenvalue weighted by atomic mass is 10.3. The lowest BCUT2D eigenvalue weighted by molar-refractivity contribution is 0.112. The number of rotatable bonds is 3. The SMILES string of the molecule is O=Cc1cnc(I)c(OC2CC2)c1. The molecule has 0 spiro atoms. The number of hydrogen-bond acceptors (Lipinski definition) is 3. The molecule has 0 unspecified atom stereocenters. The van der Waals surface area contributed by atoms with Gasteiger partial charge in [-0.3, -0.25) is 4.79 Å². The van der Waals surface area contributed by atoms with Crippen LogP contribution in [0.3, 0.4) is 0 Å². The Hall–Kier alpha value is -0.650. The van der Waals surface area contributed by atoms with Crippen molar-refractivity contribution < 1.29 is 9.53 Å². The molecule has 0 radical (unpaired) electrons. The molecule has 1 aromatic rings. The maximum atomic E-state index is 10.5. The van der Waals surface area contributed by atoms with E-state index in [1.807, 2.05) is 0 Å². The Morgan fingerprint density at radius 2 is 2.38 bits per heavy atom. The summed E-state index contributed by atoms with van der Waals surface area (Å²) in [5, 5.41) is 0. The van der Waals surface area contributed by atoms with Crippen LogP contribution in [0.2, 0.25) is 0 Å². The molecule has 2 rings (SSSR count). The zero-order chi connectivity index (χ0) is 9.26. The summed E-state index contributed by atoms with van der Waals surface area (Å²) in [6, 6.07) is 1.74. The van der Waals surface area contributed by atoms with Gasteiger partial charge in [-0.1, -0.05) is 0 Å². The van der Waals surface area contributed by atoms with Gasteiger partial charge in [-0.05, 0) is 41.5 Å². The molecule has 0 aromatic carbocycles. The molecule has 0 saturated heterocycles. The second kappa shape index (κ2) is 3.61. The standard InChI is InChI=1S/C9H8INO2/c10-9-8(13-7-1-2-7)3-6(5-12)4-11-9/h3-5,7H,1-2H2. The number of ether oxygens (including phenoxy) is 1. The average Bonchev–Trinajstić information content (AvgIpc) is 2.93. The predicted molar refractivity (Wildman–Crippen MR) is 56.0 cm³/mol. The van der Waals surface area contributed by atoms with Gasteiger partial charge in [-0.2, -0.15) is 0 Å². The Bertz CT molecular complexity index is 336. The van der Waals surface area contributed by atoms with Gasteiger partial charge in [0.1, 0.15) is 3.70 Å². The number of halogens is 1. The molecule has 1 aliphatic rings. The molecule has 0 N–H and O–H groups in total. The Labute approximate surface area is 89.6 Å². The average molecular weight is 289 g/mol. The quantitative estimate of drug-likeness (QED) is 0.485. The summed E-state index contributed by atoms with van der Waals surface area (Å²) >= 11 is 2.10. The van der Waals surface area contributed by atoms with Crippen LogP contribution >= 0.6 is 22.6 Å². The molecule has 3 nitrogen and oxygen atoms in total. The Kier molecular flexibility index (Phi) is 2.48. The molecule has 1 aliphatic carbocycles. The number of carbonyl (C=O) groups excluding carboxylic acids is 1. The van der Waals surface area contributed by atoms with Crippen molar-refractivity contribution in [3.05, 3.63) is 21.5 Å². The summed E-state index contributed by atoms with van der Waals surface area (Å²) in [5.41, 5.74) is 0.566. The lowest BCUT2D eigenvalue weighted by Gasteiger charge is -2.05.